The van der Waals surface area contributed by atoms with Crippen molar-refractivity contribution in [3.05, 3.63) is 36.3 Å². The normalized spacial score (nSPS) is 16.9. The van der Waals surface area contributed by atoms with Crippen LogP contribution in [0.5, 0.6) is 11.5 Å². The van der Waals surface area contributed by atoms with Crippen molar-refractivity contribution in [3.8, 4) is 11.5 Å². The number of thioether (sulfide) groups is 1. The summed E-state index contributed by atoms with van der Waals surface area (Å²) in [4.78, 5) is 53.6. The van der Waals surface area contributed by atoms with Gasteiger partial charge in [0.1, 0.15) is 17.6 Å². The molecule has 3 aromatic rings. The van der Waals surface area contributed by atoms with E-state index >= 15 is 0 Å². The van der Waals surface area contributed by atoms with E-state index in [1.165, 1.54) is 20.3 Å². The van der Waals surface area contributed by atoms with E-state index in [0.29, 0.717) is 95.6 Å². The molecule has 12 nitrogen and oxygen atoms in total. The van der Waals surface area contributed by atoms with Crippen LogP contribution in [0.15, 0.2) is 34.9 Å². The number of piperazine rings is 1. The van der Waals surface area contributed by atoms with Crippen LogP contribution in [0.1, 0.15) is 30.3 Å². The van der Waals surface area contributed by atoms with Crippen molar-refractivity contribution in [2.75, 3.05) is 62.2 Å². The van der Waals surface area contributed by atoms with Gasteiger partial charge in [-0.3, -0.25) is 9.59 Å². The molecule has 0 spiro atoms. The van der Waals surface area contributed by atoms with Gasteiger partial charge >= 0.3 is 0 Å². The lowest BCUT2D eigenvalue weighted by Gasteiger charge is -2.34. The Balaban J connectivity index is 1.41. The molecular weight excluding hydrogens is 580 g/mol. The fourth-order valence-corrected chi connectivity index (χ4v) is 6.45. The summed E-state index contributed by atoms with van der Waals surface area (Å²) in [5.74, 6) is 2.81. The van der Waals surface area contributed by atoms with Crippen molar-refractivity contribution in [2.24, 2.45) is 0 Å². The summed E-state index contributed by atoms with van der Waals surface area (Å²) in [5.41, 5.74) is 0.566. The molecule has 222 valence electrons. The zero-order chi connectivity index (χ0) is 29.8. The molecule has 1 unspecified atom stereocenters. The molecule has 0 radical (unpaired) electrons. The number of carbonyl (C=O) groups is 3. The van der Waals surface area contributed by atoms with E-state index in [9.17, 15) is 14.4 Å². The van der Waals surface area contributed by atoms with Crippen molar-refractivity contribution in [1.29, 1.82) is 0 Å². The predicted octanol–water partition coefficient (Wildman–Crippen LogP) is 3.21. The Kier molecular flexibility index (Phi) is 9.12. The van der Waals surface area contributed by atoms with Crippen LogP contribution in [-0.2, 0) is 9.59 Å². The Hall–Kier alpha value is -3.91. The van der Waals surface area contributed by atoms with Crippen LogP contribution in [0.2, 0.25) is 0 Å². The molecule has 2 aliphatic rings. The van der Waals surface area contributed by atoms with E-state index in [-0.39, 0.29) is 17.6 Å². The number of fused-ring (bicyclic) bond motifs is 1. The van der Waals surface area contributed by atoms with Crippen LogP contribution >= 0.6 is 24.0 Å². The van der Waals surface area contributed by atoms with Gasteiger partial charge in [0.2, 0.25) is 11.9 Å². The number of ketones is 1. The van der Waals surface area contributed by atoms with Gasteiger partial charge in [-0.2, -0.15) is 4.98 Å². The first kappa shape index (κ1) is 29.6. The van der Waals surface area contributed by atoms with Crippen LogP contribution in [0, 0.1) is 0 Å². The molecule has 14 heteroatoms. The molecule has 1 atom stereocenters. The Bertz CT molecular complexity index is 1490. The van der Waals surface area contributed by atoms with Gasteiger partial charge in [-0.15, -0.1) is 11.8 Å². The van der Waals surface area contributed by atoms with Gasteiger partial charge in [0.05, 0.1) is 36.9 Å². The fraction of sp³-hybridized carbons (Fsp3) is 0.429. The minimum Gasteiger partial charge on any atom is -0.493 e. The monoisotopic (exact) mass is 612 g/mol. The maximum Gasteiger partial charge on any atom is 0.289 e. The van der Waals surface area contributed by atoms with Crippen molar-refractivity contribution in [2.45, 2.75) is 25.8 Å². The molecule has 2 aliphatic heterocycles. The van der Waals surface area contributed by atoms with E-state index in [1.807, 2.05) is 9.80 Å². The number of aromatic nitrogens is 2. The summed E-state index contributed by atoms with van der Waals surface area (Å²) >= 11 is 7.18. The third-order valence-corrected chi connectivity index (χ3v) is 8.66. The molecule has 5 rings (SSSR count). The third kappa shape index (κ3) is 6.28. The summed E-state index contributed by atoms with van der Waals surface area (Å²) in [5, 5.41) is 3.61. The summed E-state index contributed by atoms with van der Waals surface area (Å²) in [7, 11) is 3.08. The highest BCUT2D eigenvalue weighted by molar-refractivity contribution is 7.99. The summed E-state index contributed by atoms with van der Waals surface area (Å²) in [6.07, 6.45) is 2.26. The zero-order valence-electron chi connectivity index (χ0n) is 23.6. The molecule has 2 amide bonds. The second-order valence-electron chi connectivity index (χ2n) is 9.92. The largest absolute Gasteiger partial charge is 0.493 e. The van der Waals surface area contributed by atoms with Gasteiger partial charge in [0, 0.05) is 56.2 Å². The van der Waals surface area contributed by atoms with Gasteiger partial charge < -0.3 is 38.7 Å². The van der Waals surface area contributed by atoms with E-state index in [4.69, 9.17) is 36.1 Å². The second-order valence-corrected chi connectivity index (χ2v) is 11.4. The molecule has 1 aromatic carbocycles. The van der Waals surface area contributed by atoms with Crippen LogP contribution < -0.4 is 19.7 Å². The molecule has 0 aliphatic carbocycles. The van der Waals surface area contributed by atoms with Gasteiger partial charge in [-0.25, -0.2) is 4.98 Å². The zero-order valence-corrected chi connectivity index (χ0v) is 25.3. The van der Waals surface area contributed by atoms with Gasteiger partial charge in [0.15, 0.2) is 17.3 Å². The number of ether oxygens (including phenoxy) is 2. The number of nitrogens with one attached hydrogen (secondary N) is 1. The topological polar surface area (TPSA) is 130 Å². The first-order valence-corrected chi connectivity index (χ1v) is 15.0. The van der Waals surface area contributed by atoms with Gasteiger partial charge in [0.25, 0.3) is 5.91 Å². The molecule has 2 aromatic heterocycles. The first-order chi connectivity index (χ1) is 20.3. The number of hydrogen-bond acceptors (Lipinski definition) is 11. The summed E-state index contributed by atoms with van der Waals surface area (Å²) < 4.78 is 16.3. The smallest absolute Gasteiger partial charge is 0.289 e. The molecule has 2 saturated heterocycles. The maximum atomic E-state index is 13.6. The minimum absolute atomic E-state index is 0.0562. The lowest BCUT2D eigenvalue weighted by atomic mass is 10.2. The Morgan fingerprint density at radius 1 is 1.10 bits per heavy atom. The number of benzene rings is 1. The van der Waals surface area contributed by atoms with Crippen molar-refractivity contribution >= 4 is 69.2 Å². The molecule has 42 heavy (non-hydrogen) atoms. The highest BCUT2D eigenvalue weighted by Gasteiger charge is 2.34. The lowest BCUT2D eigenvalue weighted by molar-refractivity contribution is -0.119. The summed E-state index contributed by atoms with van der Waals surface area (Å²) in [6.45, 7) is 3.44. The number of nitrogens with zero attached hydrogens (tertiary/aromatic N) is 5. The van der Waals surface area contributed by atoms with Crippen LogP contribution in [0.25, 0.3) is 10.9 Å². The lowest BCUT2D eigenvalue weighted by Crippen LogP contribution is -2.49. The highest BCUT2D eigenvalue weighted by Crippen LogP contribution is 2.35. The fourth-order valence-electron chi connectivity index (χ4n) is 4.88. The third-order valence-electron chi connectivity index (χ3n) is 7.21. The number of thiocarbonyl (C=S) groups is 1. The Morgan fingerprint density at radius 3 is 2.50 bits per heavy atom. The molecule has 2 fully saturated rings. The predicted molar refractivity (Wildman–Crippen MR) is 164 cm³/mol. The molecule has 1 N–H and O–H groups in total. The van der Waals surface area contributed by atoms with Gasteiger partial charge in [-0.05, 0) is 25.1 Å². The van der Waals surface area contributed by atoms with E-state index < -0.39 is 6.04 Å². The molecule has 4 heterocycles. The SMILES string of the molecule is COc1cc2nc(N3CCN(C(=O)c4ccco4)CC3)nc(NC(=O)C3CSCN3C(=S)CCC(C)=O)c2cc1OC. The number of amides is 2. The number of methoxy groups -OCH3 is 2. The van der Waals surface area contributed by atoms with Crippen LogP contribution in [0.3, 0.4) is 0 Å². The first-order valence-electron chi connectivity index (χ1n) is 13.5. The average Bonchev–Trinajstić information content (AvgIpc) is 3.72. The number of anilines is 2. The number of Topliss-reactive ketones (excluding diaryl/α,β-unsaturated/α-hetero) is 1. The molecular formula is C28H32N6O6S2. The Morgan fingerprint density at radius 2 is 1.83 bits per heavy atom. The second kappa shape index (κ2) is 12.9. The van der Waals surface area contributed by atoms with Crippen molar-refractivity contribution in [3.63, 3.8) is 0 Å². The molecule has 0 bridgehead atoms. The van der Waals surface area contributed by atoms with Crippen LogP contribution in [0.4, 0.5) is 11.8 Å². The standard InChI is InChI=1S/C28H32N6O6S2/c1-17(35)6-7-24(41)34-16-42-15-20(34)26(36)30-25-18-13-22(38-2)23(39-3)14-19(18)29-28(31-25)33-10-8-32(9-11-33)27(37)21-5-4-12-40-21/h4-5,12-14,20H,6-11,15-16H2,1-3H3,(H,29,30,31,36). The quantitative estimate of drug-likeness (QED) is 0.356. The number of rotatable bonds is 9. The van der Waals surface area contributed by atoms with E-state index in [0.717, 1.165) is 0 Å². The van der Waals surface area contributed by atoms with Crippen molar-refractivity contribution < 1.29 is 28.3 Å². The number of hydrogen-bond donors (Lipinski definition) is 1. The highest BCUT2D eigenvalue weighted by atomic mass is 32.2. The van der Waals surface area contributed by atoms with Crippen molar-refractivity contribution in [1.82, 2.24) is 19.8 Å². The Labute approximate surface area is 252 Å². The molecule has 0 saturated carbocycles. The van der Waals surface area contributed by atoms with Crippen LogP contribution in [-0.4, -0.2) is 100 Å². The van der Waals surface area contributed by atoms with Gasteiger partial charge in [-0.1, -0.05) is 12.2 Å². The number of furan rings is 1. The minimum atomic E-state index is -0.501. The average molecular weight is 613 g/mol. The number of carbonyl (C=O) groups excluding carboxylic acids is 3. The van der Waals surface area contributed by atoms with E-state index in [1.54, 1.807) is 48.0 Å². The summed E-state index contributed by atoms with van der Waals surface area (Å²) in [6, 6.07) is 6.33. The maximum absolute atomic E-state index is 13.6. The van der Waals surface area contributed by atoms with E-state index in [2.05, 4.69) is 5.32 Å².